The number of hydrogen-bond donors (Lipinski definition) is 3. The summed E-state index contributed by atoms with van der Waals surface area (Å²) in [5.74, 6) is -1.35. The fraction of sp³-hybridized carbons (Fsp3) is 0.500. The number of rotatable bonds is 6. The van der Waals surface area contributed by atoms with Crippen LogP contribution >= 0.6 is 11.3 Å². The molecule has 3 N–H and O–H groups in total. The van der Waals surface area contributed by atoms with E-state index in [2.05, 4.69) is 16.7 Å². The van der Waals surface area contributed by atoms with E-state index in [1.165, 1.54) is 29.8 Å². The summed E-state index contributed by atoms with van der Waals surface area (Å²) in [7, 11) is 0. The quantitative estimate of drug-likeness (QED) is 0.553. The summed E-state index contributed by atoms with van der Waals surface area (Å²) in [6.45, 7) is 0.513. The molecule has 0 aliphatic heterocycles. The molecule has 0 saturated carbocycles. The largest absolute Gasteiger partial charge is 0.387 e. The van der Waals surface area contributed by atoms with Gasteiger partial charge in [-0.3, -0.25) is 9.59 Å². The van der Waals surface area contributed by atoms with Gasteiger partial charge < -0.3 is 15.7 Å². The van der Waals surface area contributed by atoms with Crippen LogP contribution in [0.5, 0.6) is 0 Å². The summed E-state index contributed by atoms with van der Waals surface area (Å²) in [6.07, 6.45) is 6.91. The van der Waals surface area contributed by atoms with Crippen LogP contribution in [0.15, 0.2) is 28.5 Å². The van der Waals surface area contributed by atoms with E-state index in [0.717, 1.165) is 24.8 Å². The van der Waals surface area contributed by atoms with E-state index in [1.807, 2.05) is 10.8 Å². The molecule has 0 radical (unpaired) electrons. The Balaban J connectivity index is 1.64. The van der Waals surface area contributed by atoms with Crippen LogP contribution in [0.4, 0.5) is 0 Å². The molecule has 0 unspecified atom stereocenters. The van der Waals surface area contributed by atoms with Gasteiger partial charge in [-0.25, -0.2) is 0 Å². The fourth-order valence-electron chi connectivity index (χ4n) is 2.40. The summed E-state index contributed by atoms with van der Waals surface area (Å²) in [6, 6.07) is 1.79. The average Bonchev–Trinajstić information content (AvgIpc) is 3.07. The molecule has 1 aliphatic carbocycles. The molecule has 0 fully saturated rings. The molecular weight excluding hydrogens is 300 g/mol. The molecular formula is C16H22N2O3S. The van der Waals surface area contributed by atoms with Crippen molar-refractivity contribution in [3.8, 4) is 0 Å². The van der Waals surface area contributed by atoms with Crippen molar-refractivity contribution < 1.29 is 14.7 Å². The van der Waals surface area contributed by atoms with Gasteiger partial charge in [-0.05, 0) is 54.5 Å². The van der Waals surface area contributed by atoms with Gasteiger partial charge >= 0.3 is 11.8 Å². The Morgan fingerprint density at radius 2 is 2.09 bits per heavy atom. The summed E-state index contributed by atoms with van der Waals surface area (Å²) in [5, 5.41) is 18.6. The molecule has 0 spiro atoms. The van der Waals surface area contributed by atoms with Crippen LogP contribution in [0.1, 0.15) is 43.8 Å². The third-order valence-electron chi connectivity index (χ3n) is 3.71. The lowest BCUT2D eigenvalue weighted by Gasteiger charge is -2.13. The first-order chi connectivity index (χ1) is 10.7. The van der Waals surface area contributed by atoms with E-state index in [9.17, 15) is 14.7 Å². The van der Waals surface area contributed by atoms with Gasteiger partial charge in [0.1, 0.15) is 0 Å². The van der Waals surface area contributed by atoms with Crippen molar-refractivity contribution in [2.45, 2.75) is 38.2 Å². The zero-order valence-electron chi connectivity index (χ0n) is 12.5. The number of aliphatic hydroxyl groups excluding tert-OH is 1. The Hall–Kier alpha value is -1.66. The van der Waals surface area contributed by atoms with Crippen molar-refractivity contribution in [2.24, 2.45) is 0 Å². The Bertz CT molecular complexity index is 526. The molecule has 5 nitrogen and oxygen atoms in total. The molecule has 1 aromatic rings. The minimum Gasteiger partial charge on any atom is -0.387 e. The van der Waals surface area contributed by atoms with Crippen LogP contribution in [0.25, 0.3) is 0 Å². The third-order valence-corrected chi connectivity index (χ3v) is 4.41. The van der Waals surface area contributed by atoms with Gasteiger partial charge in [0.15, 0.2) is 0 Å². The highest BCUT2D eigenvalue weighted by molar-refractivity contribution is 7.07. The number of amides is 2. The average molecular weight is 322 g/mol. The first kappa shape index (κ1) is 16.7. The van der Waals surface area contributed by atoms with Crippen LogP contribution in [-0.4, -0.2) is 30.0 Å². The van der Waals surface area contributed by atoms with Gasteiger partial charge in [-0.2, -0.15) is 11.3 Å². The Labute approximate surface area is 134 Å². The molecule has 1 aliphatic rings. The van der Waals surface area contributed by atoms with Crippen molar-refractivity contribution >= 4 is 23.2 Å². The molecule has 0 bridgehead atoms. The monoisotopic (exact) mass is 322 g/mol. The van der Waals surface area contributed by atoms with Crippen molar-refractivity contribution in [2.75, 3.05) is 13.1 Å². The molecule has 120 valence electrons. The lowest BCUT2D eigenvalue weighted by Crippen LogP contribution is -2.41. The minimum atomic E-state index is -0.782. The van der Waals surface area contributed by atoms with Gasteiger partial charge in [0, 0.05) is 13.1 Å². The van der Waals surface area contributed by atoms with E-state index in [-0.39, 0.29) is 6.54 Å². The number of aliphatic hydroxyl groups is 1. The number of thiophene rings is 1. The van der Waals surface area contributed by atoms with Crippen LogP contribution < -0.4 is 10.6 Å². The molecule has 6 heteroatoms. The summed E-state index contributed by atoms with van der Waals surface area (Å²) >= 11 is 1.48. The SMILES string of the molecule is O=C(NCCC1=CCCCC1)C(=O)NC[C@@H](O)c1ccsc1. The molecule has 2 rings (SSSR count). The van der Waals surface area contributed by atoms with Crippen molar-refractivity contribution in [3.63, 3.8) is 0 Å². The molecule has 1 aromatic heterocycles. The molecule has 2 amide bonds. The van der Waals surface area contributed by atoms with Gasteiger partial charge in [0.25, 0.3) is 0 Å². The molecule has 22 heavy (non-hydrogen) atoms. The molecule has 1 atom stereocenters. The Morgan fingerprint density at radius 1 is 1.27 bits per heavy atom. The second-order valence-electron chi connectivity index (χ2n) is 5.40. The normalized spacial score (nSPS) is 15.8. The lowest BCUT2D eigenvalue weighted by molar-refractivity contribution is -0.139. The molecule has 0 saturated heterocycles. The standard InChI is InChI=1S/C16H22N2O3S/c19-14(13-7-9-22-11-13)10-18-16(21)15(20)17-8-6-12-4-2-1-3-5-12/h4,7,9,11,14,19H,1-3,5-6,8,10H2,(H,17,20)(H,18,21)/t14-/m1/s1. The number of hydrogen-bond acceptors (Lipinski definition) is 4. The molecule has 0 aromatic carbocycles. The van der Waals surface area contributed by atoms with Gasteiger partial charge in [-0.1, -0.05) is 11.6 Å². The second-order valence-corrected chi connectivity index (χ2v) is 6.18. The third kappa shape index (κ3) is 5.27. The maximum Gasteiger partial charge on any atom is 0.309 e. The van der Waals surface area contributed by atoms with E-state index in [1.54, 1.807) is 6.07 Å². The minimum absolute atomic E-state index is 0.0359. The van der Waals surface area contributed by atoms with Crippen LogP contribution in [-0.2, 0) is 9.59 Å². The first-order valence-electron chi connectivity index (χ1n) is 7.61. The summed E-state index contributed by atoms with van der Waals surface area (Å²) in [5.41, 5.74) is 2.11. The number of carbonyl (C=O) groups excluding carboxylic acids is 2. The number of allylic oxidation sites excluding steroid dienone is 1. The highest BCUT2D eigenvalue weighted by Gasteiger charge is 2.15. The highest BCUT2D eigenvalue weighted by Crippen LogP contribution is 2.19. The lowest BCUT2D eigenvalue weighted by atomic mass is 9.97. The van der Waals surface area contributed by atoms with E-state index >= 15 is 0 Å². The van der Waals surface area contributed by atoms with Crippen molar-refractivity contribution in [1.29, 1.82) is 0 Å². The Kier molecular flexibility index (Phi) is 6.61. The van der Waals surface area contributed by atoms with Crippen LogP contribution in [0.3, 0.4) is 0 Å². The Morgan fingerprint density at radius 3 is 2.77 bits per heavy atom. The van der Waals surface area contributed by atoms with Crippen molar-refractivity contribution in [3.05, 3.63) is 34.0 Å². The van der Waals surface area contributed by atoms with Gasteiger partial charge in [-0.15, -0.1) is 0 Å². The summed E-state index contributed by atoms with van der Waals surface area (Å²) < 4.78 is 0. The first-order valence-corrected chi connectivity index (χ1v) is 8.55. The van der Waals surface area contributed by atoms with E-state index in [4.69, 9.17) is 0 Å². The highest BCUT2D eigenvalue weighted by atomic mass is 32.1. The van der Waals surface area contributed by atoms with Gasteiger partial charge in [0.05, 0.1) is 6.10 Å². The number of carbonyl (C=O) groups is 2. The topological polar surface area (TPSA) is 78.4 Å². The zero-order chi connectivity index (χ0) is 15.8. The van der Waals surface area contributed by atoms with Crippen LogP contribution in [0, 0.1) is 0 Å². The molecule has 1 heterocycles. The van der Waals surface area contributed by atoms with E-state index < -0.39 is 17.9 Å². The zero-order valence-corrected chi connectivity index (χ0v) is 13.3. The summed E-state index contributed by atoms with van der Waals surface area (Å²) in [4.78, 5) is 23.3. The maximum atomic E-state index is 11.7. The second kappa shape index (κ2) is 8.70. The predicted octanol–water partition coefficient (Wildman–Crippen LogP) is 1.90. The van der Waals surface area contributed by atoms with Gasteiger partial charge in [0.2, 0.25) is 0 Å². The van der Waals surface area contributed by atoms with Crippen molar-refractivity contribution in [1.82, 2.24) is 10.6 Å². The smallest absolute Gasteiger partial charge is 0.309 e. The van der Waals surface area contributed by atoms with Crippen LogP contribution in [0.2, 0.25) is 0 Å². The number of nitrogens with one attached hydrogen (secondary N) is 2. The maximum absolute atomic E-state index is 11.7. The predicted molar refractivity (Wildman–Crippen MR) is 86.5 cm³/mol. The fourth-order valence-corrected chi connectivity index (χ4v) is 3.11. The van der Waals surface area contributed by atoms with E-state index in [0.29, 0.717) is 6.54 Å².